The summed E-state index contributed by atoms with van der Waals surface area (Å²) in [5, 5.41) is 13.5. The van der Waals surface area contributed by atoms with Crippen molar-refractivity contribution in [2.75, 3.05) is 31.8 Å². The highest BCUT2D eigenvalue weighted by atomic mass is 32.3. The highest BCUT2D eigenvalue weighted by Crippen LogP contribution is 2.62. The van der Waals surface area contributed by atoms with Gasteiger partial charge in [0, 0.05) is 40.0 Å². The lowest BCUT2D eigenvalue weighted by Gasteiger charge is -2.30. The van der Waals surface area contributed by atoms with Crippen LogP contribution in [-0.4, -0.2) is 47.5 Å². The predicted molar refractivity (Wildman–Crippen MR) is 110 cm³/mol. The van der Waals surface area contributed by atoms with Gasteiger partial charge in [0.25, 0.3) is 0 Å². The minimum absolute atomic E-state index is 0.186. The molecule has 3 N–H and O–H groups in total. The Bertz CT molecular complexity index is 798. The van der Waals surface area contributed by atoms with Crippen LogP contribution < -0.4 is 10.1 Å². The maximum absolute atomic E-state index is 14.0. The zero-order valence-corrected chi connectivity index (χ0v) is 17.4. The molecule has 4 unspecified atom stereocenters. The molecule has 28 heavy (non-hydrogen) atoms. The van der Waals surface area contributed by atoms with Crippen LogP contribution in [0.3, 0.4) is 0 Å². The molecule has 1 aromatic carbocycles. The van der Waals surface area contributed by atoms with E-state index in [9.17, 15) is 18.4 Å². The van der Waals surface area contributed by atoms with Crippen LogP contribution in [-0.2, 0) is 6.67 Å². The largest absolute Gasteiger partial charge is 0.485 e. The van der Waals surface area contributed by atoms with Gasteiger partial charge in [-0.3, -0.25) is 0 Å². The number of halogens is 2. The molecular weight excluding hydrogens is 384 g/mol. The molecule has 1 heterocycles. The summed E-state index contributed by atoms with van der Waals surface area (Å²) in [7, 11) is -0.306. The van der Waals surface area contributed by atoms with Gasteiger partial charge in [0.1, 0.15) is 25.2 Å². The fraction of sp³-hybridized carbons (Fsp3) is 0.524. The molecule has 4 nitrogen and oxygen atoms in total. The number of benzene rings is 1. The molecule has 1 aliphatic heterocycles. The van der Waals surface area contributed by atoms with Crippen LogP contribution in [0, 0.1) is 5.92 Å². The summed E-state index contributed by atoms with van der Waals surface area (Å²) in [6.07, 6.45) is 2.44. The first kappa shape index (κ1) is 21.3. The molecule has 1 aliphatic carbocycles. The zero-order valence-electron chi connectivity index (χ0n) is 16.5. The number of aliphatic hydroxyl groups excluding tert-OH is 1. The Kier molecular flexibility index (Phi) is 6.49. The average molecular weight is 414 g/mol. The van der Waals surface area contributed by atoms with E-state index < -0.39 is 35.9 Å². The summed E-state index contributed by atoms with van der Waals surface area (Å²) in [4.78, 5) is 0.648. The number of hydrogen-bond donors (Lipinski definition) is 3. The van der Waals surface area contributed by atoms with Gasteiger partial charge in [-0.25, -0.2) is 8.78 Å². The molecule has 3 rings (SSSR count). The van der Waals surface area contributed by atoms with Crippen molar-refractivity contribution in [1.29, 1.82) is 0 Å². The number of rotatable bonds is 7. The number of nitrogens with one attached hydrogen (secondary N) is 1. The van der Waals surface area contributed by atoms with Crippen LogP contribution >= 0.6 is 10.3 Å². The molecule has 0 amide bonds. The van der Waals surface area contributed by atoms with E-state index in [2.05, 4.69) is 5.32 Å². The first-order valence-electron chi connectivity index (χ1n) is 9.57. The SMILES string of the molecule is CCS1(O)CC(O)c2c1ccc(OC1C=C(CNC)C=C(CF)C1C)c2CF. The van der Waals surface area contributed by atoms with Crippen molar-refractivity contribution in [2.24, 2.45) is 5.92 Å². The highest BCUT2D eigenvalue weighted by Gasteiger charge is 2.39. The van der Waals surface area contributed by atoms with Gasteiger partial charge in [-0.15, -0.1) is 10.3 Å². The van der Waals surface area contributed by atoms with Crippen molar-refractivity contribution >= 4 is 10.3 Å². The summed E-state index contributed by atoms with van der Waals surface area (Å²) in [5.74, 6) is 0.908. The first-order valence-corrected chi connectivity index (χ1v) is 11.5. The Balaban J connectivity index is 1.97. The summed E-state index contributed by atoms with van der Waals surface area (Å²) >= 11 is 0. The van der Waals surface area contributed by atoms with Crippen LogP contribution in [0.1, 0.15) is 31.1 Å². The van der Waals surface area contributed by atoms with Crippen molar-refractivity contribution in [2.45, 2.75) is 37.6 Å². The molecule has 0 saturated carbocycles. The van der Waals surface area contributed by atoms with Gasteiger partial charge in [0.15, 0.2) is 0 Å². The van der Waals surface area contributed by atoms with Gasteiger partial charge < -0.3 is 19.7 Å². The molecule has 7 heteroatoms. The maximum Gasteiger partial charge on any atom is 0.126 e. The molecule has 1 aromatic rings. The Labute approximate surface area is 166 Å². The Hall–Kier alpha value is -1.41. The quantitative estimate of drug-likeness (QED) is 0.624. The lowest BCUT2D eigenvalue weighted by Crippen LogP contribution is -2.30. The topological polar surface area (TPSA) is 61.7 Å². The first-order chi connectivity index (χ1) is 13.4. The molecule has 4 atom stereocenters. The zero-order chi connectivity index (χ0) is 20.5. The number of alkyl halides is 2. The second-order valence-electron chi connectivity index (χ2n) is 7.40. The van der Waals surface area contributed by atoms with Gasteiger partial charge >= 0.3 is 0 Å². The van der Waals surface area contributed by atoms with E-state index in [-0.39, 0.29) is 17.2 Å². The van der Waals surface area contributed by atoms with E-state index in [4.69, 9.17) is 4.74 Å². The molecule has 156 valence electrons. The summed E-state index contributed by atoms with van der Waals surface area (Å²) in [6, 6.07) is 3.42. The van der Waals surface area contributed by atoms with Crippen LogP contribution in [0.15, 0.2) is 40.3 Å². The minimum Gasteiger partial charge on any atom is -0.485 e. The predicted octanol–water partition coefficient (Wildman–Crippen LogP) is 4.30. The Morgan fingerprint density at radius 1 is 1.29 bits per heavy atom. The fourth-order valence-corrected chi connectivity index (χ4v) is 6.42. The van der Waals surface area contributed by atoms with Gasteiger partial charge in [-0.05, 0) is 36.4 Å². The van der Waals surface area contributed by atoms with Crippen LogP contribution in [0.25, 0.3) is 0 Å². The molecule has 0 radical (unpaired) electrons. The van der Waals surface area contributed by atoms with E-state index in [1.165, 1.54) is 0 Å². The van der Waals surface area contributed by atoms with E-state index in [0.29, 0.717) is 34.1 Å². The average Bonchev–Trinajstić information content (AvgIpc) is 2.95. The smallest absolute Gasteiger partial charge is 0.126 e. The Morgan fingerprint density at radius 2 is 2.04 bits per heavy atom. The summed E-state index contributed by atoms with van der Waals surface area (Å²) < 4.78 is 44.5. The number of fused-ring (bicyclic) bond motifs is 1. The highest BCUT2D eigenvalue weighted by molar-refractivity contribution is 8.29. The van der Waals surface area contributed by atoms with Crippen LogP contribution in [0.5, 0.6) is 5.75 Å². The molecule has 0 saturated heterocycles. The molecule has 0 spiro atoms. The van der Waals surface area contributed by atoms with Crippen molar-refractivity contribution in [3.05, 3.63) is 46.6 Å². The van der Waals surface area contributed by atoms with Crippen molar-refractivity contribution in [3.8, 4) is 5.75 Å². The molecular formula is C21H29F2NO3S. The fourth-order valence-electron chi connectivity index (χ4n) is 4.02. The van der Waals surface area contributed by atoms with Gasteiger partial charge in [0.05, 0.1) is 6.10 Å². The van der Waals surface area contributed by atoms with Crippen LogP contribution in [0.4, 0.5) is 8.78 Å². The van der Waals surface area contributed by atoms with E-state index in [1.807, 2.05) is 33.0 Å². The Morgan fingerprint density at radius 3 is 2.64 bits per heavy atom. The lowest BCUT2D eigenvalue weighted by atomic mass is 9.88. The normalized spacial score (nSPS) is 31.6. The van der Waals surface area contributed by atoms with E-state index >= 15 is 0 Å². The third-order valence-corrected chi connectivity index (χ3v) is 8.68. The van der Waals surface area contributed by atoms with Crippen molar-refractivity contribution in [1.82, 2.24) is 5.32 Å². The maximum atomic E-state index is 14.0. The van der Waals surface area contributed by atoms with Crippen LogP contribution in [0.2, 0.25) is 0 Å². The molecule has 2 aliphatic rings. The number of ether oxygens (including phenoxy) is 1. The third-order valence-electron chi connectivity index (χ3n) is 5.69. The molecule has 0 aromatic heterocycles. The standard InChI is InChI=1S/C21H29F2NO3S/c1-4-28(26)12-17(25)21-16(10-23)18(5-6-20(21)28)27-19-8-14(11-24-3)7-15(9-22)13(19)2/h5-8,13,17,19,24-26H,4,9-12H2,1-3H3. The number of hydrogen-bond acceptors (Lipinski definition) is 4. The minimum atomic E-state index is -2.12. The van der Waals surface area contributed by atoms with E-state index in [1.54, 1.807) is 12.1 Å². The van der Waals surface area contributed by atoms with Crippen molar-refractivity contribution < 1.29 is 23.2 Å². The van der Waals surface area contributed by atoms with Gasteiger partial charge in [0.2, 0.25) is 0 Å². The van der Waals surface area contributed by atoms with E-state index in [0.717, 1.165) is 5.57 Å². The monoisotopic (exact) mass is 413 g/mol. The van der Waals surface area contributed by atoms with Gasteiger partial charge in [-0.2, -0.15) is 0 Å². The number of aliphatic hydroxyl groups is 1. The van der Waals surface area contributed by atoms with Gasteiger partial charge in [-0.1, -0.05) is 19.9 Å². The molecule has 0 fully saturated rings. The third kappa shape index (κ3) is 3.73. The second kappa shape index (κ2) is 8.53. The van der Waals surface area contributed by atoms with Crippen molar-refractivity contribution in [3.63, 3.8) is 0 Å². The summed E-state index contributed by atoms with van der Waals surface area (Å²) in [5.41, 5.74) is 2.31. The summed E-state index contributed by atoms with van der Waals surface area (Å²) in [6.45, 7) is 2.99. The number of likely N-dealkylation sites (N-methyl/N-ethyl adjacent to an activating group) is 1. The molecule has 0 bridgehead atoms. The lowest BCUT2D eigenvalue weighted by molar-refractivity contribution is 0.186. The second-order valence-corrected chi connectivity index (χ2v) is 10.4.